The number of carboxylic acids is 1. The van der Waals surface area contributed by atoms with Crippen molar-refractivity contribution in [1.29, 1.82) is 0 Å². The first-order chi connectivity index (χ1) is 7.15. The molecule has 0 atom stereocenters. The Bertz CT molecular complexity index is 359. The highest BCUT2D eigenvalue weighted by Crippen LogP contribution is 2.09. The Morgan fingerprint density at radius 1 is 1.60 bits per heavy atom. The molecule has 1 aromatic rings. The Labute approximate surface area is 91.4 Å². The first-order valence-electron chi connectivity index (χ1n) is 4.29. The molecule has 0 aliphatic rings. The second kappa shape index (κ2) is 5.31. The number of hydrogen-bond acceptors (Lipinski definition) is 3. The van der Waals surface area contributed by atoms with Crippen molar-refractivity contribution in [2.75, 3.05) is 13.1 Å². The third kappa shape index (κ3) is 3.21. The molecule has 0 aromatic carbocycles. The molecule has 1 rings (SSSR count). The molecule has 0 bridgehead atoms. The van der Waals surface area contributed by atoms with Gasteiger partial charge in [0.25, 0.3) is 5.91 Å². The Morgan fingerprint density at radius 2 is 2.33 bits per heavy atom. The lowest BCUT2D eigenvalue weighted by molar-refractivity contribution is -0.137. The maximum absolute atomic E-state index is 11.8. The van der Waals surface area contributed by atoms with E-state index in [1.807, 2.05) is 0 Å². The van der Waals surface area contributed by atoms with Gasteiger partial charge in [0.05, 0.1) is 5.56 Å². The molecule has 0 aliphatic carbocycles. The highest BCUT2D eigenvalue weighted by molar-refractivity contribution is 7.08. The number of thiophene rings is 1. The van der Waals surface area contributed by atoms with Crippen LogP contribution in [-0.2, 0) is 4.79 Å². The van der Waals surface area contributed by atoms with Gasteiger partial charge in [-0.05, 0) is 11.4 Å². The van der Waals surface area contributed by atoms with Gasteiger partial charge < -0.3 is 10.0 Å². The number of nitrogens with zero attached hydrogens (tertiary/aromatic N) is 1. The van der Waals surface area contributed by atoms with E-state index in [1.165, 1.54) is 22.3 Å². The fourth-order valence-corrected chi connectivity index (χ4v) is 1.74. The van der Waals surface area contributed by atoms with Gasteiger partial charge in [0.2, 0.25) is 0 Å². The summed E-state index contributed by atoms with van der Waals surface area (Å²) in [6.45, 7) is 3.42. The molecule has 1 N–H and O–H groups in total. The largest absolute Gasteiger partial charge is 0.480 e. The van der Waals surface area contributed by atoms with Gasteiger partial charge in [-0.1, -0.05) is 6.08 Å². The molecule has 15 heavy (non-hydrogen) atoms. The number of rotatable bonds is 5. The Balaban J connectivity index is 2.75. The van der Waals surface area contributed by atoms with Gasteiger partial charge in [-0.3, -0.25) is 9.59 Å². The second-order valence-electron chi connectivity index (χ2n) is 2.88. The van der Waals surface area contributed by atoms with Crippen LogP contribution < -0.4 is 0 Å². The smallest absolute Gasteiger partial charge is 0.323 e. The SMILES string of the molecule is C=CCN(CC(=O)O)C(=O)c1ccsc1. The van der Waals surface area contributed by atoms with E-state index in [9.17, 15) is 9.59 Å². The lowest BCUT2D eigenvalue weighted by Gasteiger charge is -2.17. The Morgan fingerprint density at radius 3 is 2.80 bits per heavy atom. The van der Waals surface area contributed by atoms with Crippen molar-refractivity contribution in [3.05, 3.63) is 35.0 Å². The molecule has 0 radical (unpaired) electrons. The van der Waals surface area contributed by atoms with Crippen LogP contribution in [-0.4, -0.2) is 35.0 Å². The zero-order chi connectivity index (χ0) is 11.3. The summed E-state index contributed by atoms with van der Waals surface area (Å²) < 4.78 is 0. The molecule has 5 heteroatoms. The first kappa shape index (κ1) is 11.5. The zero-order valence-electron chi connectivity index (χ0n) is 8.05. The average Bonchev–Trinajstić information content (AvgIpc) is 2.68. The average molecular weight is 225 g/mol. The molecule has 0 spiro atoms. The van der Waals surface area contributed by atoms with Crippen LogP contribution in [0.4, 0.5) is 0 Å². The molecule has 0 aliphatic heterocycles. The van der Waals surface area contributed by atoms with E-state index in [1.54, 1.807) is 16.8 Å². The standard InChI is InChI=1S/C10H11NO3S/c1-2-4-11(6-9(12)13)10(14)8-3-5-15-7-8/h2-3,5,7H,1,4,6H2,(H,12,13). The highest BCUT2D eigenvalue weighted by Gasteiger charge is 2.17. The molecule has 0 fully saturated rings. The van der Waals surface area contributed by atoms with Crippen molar-refractivity contribution >= 4 is 23.2 Å². The summed E-state index contributed by atoms with van der Waals surface area (Å²) in [7, 11) is 0. The molecule has 0 unspecified atom stereocenters. The summed E-state index contributed by atoms with van der Waals surface area (Å²) in [6.07, 6.45) is 1.51. The van der Waals surface area contributed by atoms with Gasteiger partial charge in [0.1, 0.15) is 6.54 Å². The van der Waals surface area contributed by atoms with Crippen molar-refractivity contribution < 1.29 is 14.7 Å². The van der Waals surface area contributed by atoms with E-state index < -0.39 is 5.97 Å². The topological polar surface area (TPSA) is 57.6 Å². The summed E-state index contributed by atoms with van der Waals surface area (Å²) in [5, 5.41) is 12.1. The molecular weight excluding hydrogens is 214 g/mol. The van der Waals surface area contributed by atoms with Gasteiger partial charge in [-0.2, -0.15) is 11.3 Å². The maximum atomic E-state index is 11.8. The number of aliphatic carboxylic acids is 1. The molecule has 4 nitrogen and oxygen atoms in total. The molecular formula is C10H11NO3S. The van der Waals surface area contributed by atoms with E-state index in [0.717, 1.165) is 0 Å². The van der Waals surface area contributed by atoms with Crippen LogP contribution in [0.5, 0.6) is 0 Å². The van der Waals surface area contributed by atoms with E-state index >= 15 is 0 Å². The van der Waals surface area contributed by atoms with Crippen molar-refractivity contribution in [3.63, 3.8) is 0 Å². The van der Waals surface area contributed by atoms with E-state index in [0.29, 0.717) is 5.56 Å². The third-order valence-electron chi connectivity index (χ3n) is 1.73. The molecule has 80 valence electrons. The van der Waals surface area contributed by atoms with Gasteiger partial charge in [-0.25, -0.2) is 0 Å². The fraction of sp³-hybridized carbons (Fsp3) is 0.200. The van der Waals surface area contributed by atoms with Crippen LogP contribution in [0.3, 0.4) is 0 Å². The van der Waals surface area contributed by atoms with Gasteiger partial charge >= 0.3 is 5.97 Å². The second-order valence-corrected chi connectivity index (χ2v) is 3.66. The Kier molecular flexibility index (Phi) is 4.05. The molecule has 1 aromatic heterocycles. The van der Waals surface area contributed by atoms with Crippen LogP contribution in [0.25, 0.3) is 0 Å². The summed E-state index contributed by atoms with van der Waals surface area (Å²) in [5.41, 5.74) is 0.517. The predicted molar refractivity (Wildman–Crippen MR) is 58.1 cm³/mol. The number of carbonyl (C=O) groups is 2. The third-order valence-corrected chi connectivity index (χ3v) is 2.41. The zero-order valence-corrected chi connectivity index (χ0v) is 8.87. The van der Waals surface area contributed by atoms with Gasteiger partial charge in [-0.15, -0.1) is 6.58 Å². The number of carbonyl (C=O) groups excluding carboxylic acids is 1. The maximum Gasteiger partial charge on any atom is 0.323 e. The molecule has 1 amide bonds. The lowest BCUT2D eigenvalue weighted by atomic mass is 10.3. The lowest BCUT2D eigenvalue weighted by Crippen LogP contribution is -2.35. The summed E-state index contributed by atoms with van der Waals surface area (Å²) >= 11 is 1.40. The number of hydrogen-bond donors (Lipinski definition) is 1. The van der Waals surface area contributed by atoms with Gasteiger partial charge in [0.15, 0.2) is 0 Å². The van der Waals surface area contributed by atoms with Crippen LogP contribution in [0, 0.1) is 0 Å². The predicted octanol–water partition coefficient (Wildman–Crippen LogP) is 1.46. The van der Waals surface area contributed by atoms with Crippen molar-refractivity contribution in [2.24, 2.45) is 0 Å². The van der Waals surface area contributed by atoms with Crippen LogP contribution in [0.1, 0.15) is 10.4 Å². The van der Waals surface area contributed by atoms with Crippen LogP contribution in [0.15, 0.2) is 29.5 Å². The minimum atomic E-state index is -1.03. The van der Waals surface area contributed by atoms with Crippen molar-refractivity contribution in [2.45, 2.75) is 0 Å². The van der Waals surface area contributed by atoms with E-state index in [-0.39, 0.29) is 19.0 Å². The molecule has 0 saturated carbocycles. The van der Waals surface area contributed by atoms with E-state index in [4.69, 9.17) is 5.11 Å². The first-order valence-corrected chi connectivity index (χ1v) is 5.23. The van der Waals surface area contributed by atoms with Crippen molar-refractivity contribution in [1.82, 2.24) is 4.90 Å². The minimum Gasteiger partial charge on any atom is -0.480 e. The van der Waals surface area contributed by atoms with Crippen molar-refractivity contribution in [3.8, 4) is 0 Å². The summed E-state index contributed by atoms with van der Waals surface area (Å²) in [5.74, 6) is -1.31. The summed E-state index contributed by atoms with van der Waals surface area (Å²) in [6, 6.07) is 1.67. The van der Waals surface area contributed by atoms with Crippen LogP contribution >= 0.6 is 11.3 Å². The minimum absolute atomic E-state index is 0.237. The highest BCUT2D eigenvalue weighted by atomic mass is 32.1. The van der Waals surface area contributed by atoms with E-state index in [2.05, 4.69) is 6.58 Å². The molecule has 0 saturated heterocycles. The number of amides is 1. The fourth-order valence-electron chi connectivity index (χ4n) is 1.11. The quantitative estimate of drug-likeness (QED) is 0.772. The Hall–Kier alpha value is -1.62. The summed E-state index contributed by atoms with van der Waals surface area (Å²) in [4.78, 5) is 23.5. The number of carboxylic acid groups (broad SMARTS) is 1. The van der Waals surface area contributed by atoms with Gasteiger partial charge in [0, 0.05) is 11.9 Å². The normalized spacial score (nSPS) is 9.60. The van der Waals surface area contributed by atoms with Crippen LogP contribution in [0.2, 0.25) is 0 Å². The molecule has 1 heterocycles. The monoisotopic (exact) mass is 225 g/mol.